The van der Waals surface area contributed by atoms with E-state index in [9.17, 15) is 0 Å². The normalized spacial score (nSPS) is 8.56. The maximum absolute atomic E-state index is 2.23. The zero-order valence-electron chi connectivity index (χ0n) is 12.8. The second-order valence-corrected chi connectivity index (χ2v) is 4.75. The summed E-state index contributed by atoms with van der Waals surface area (Å²) in [5, 5.41) is 4.33. The highest BCUT2D eigenvalue weighted by atomic mass is 32.1. The van der Waals surface area contributed by atoms with Gasteiger partial charge in [-0.3, -0.25) is 0 Å². The van der Waals surface area contributed by atoms with Crippen LogP contribution in [0.5, 0.6) is 0 Å². The molecule has 0 bridgehead atoms. The van der Waals surface area contributed by atoms with Gasteiger partial charge in [0.25, 0.3) is 0 Å². The van der Waals surface area contributed by atoms with Crippen molar-refractivity contribution in [2.75, 3.05) is 0 Å². The van der Waals surface area contributed by atoms with Crippen molar-refractivity contribution in [3.8, 4) is 0 Å². The second-order valence-electron chi connectivity index (χ2n) is 3.97. The fraction of sp³-hybridized carbons (Fsp3) is 0.733. The number of thiophene rings is 1. The predicted molar refractivity (Wildman–Crippen MR) is 81.7 cm³/mol. The highest BCUT2D eigenvalue weighted by Gasteiger charge is 2.12. The van der Waals surface area contributed by atoms with Crippen molar-refractivity contribution >= 4 is 11.3 Å². The summed E-state index contributed by atoms with van der Waals surface area (Å²) < 4.78 is 0. The lowest BCUT2D eigenvalue weighted by atomic mass is 9.90. The number of rotatable bonds is 0. The Hall–Kier alpha value is -0.300. The van der Waals surface area contributed by atoms with Gasteiger partial charge in [0.1, 0.15) is 0 Å². The molecule has 1 aromatic rings. The quantitative estimate of drug-likeness (QED) is 0.487. The van der Waals surface area contributed by atoms with Gasteiger partial charge in [-0.15, -0.1) is 0 Å². The summed E-state index contributed by atoms with van der Waals surface area (Å²) >= 11 is 1.77. The molecule has 0 spiro atoms. The lowest BCUT2D eigenvalue weighted by Crippen LogP contribution is -2.08. The van der Waals surface area contributed by atoms with Crippen LogP contribution >= 0.6 is 11.3 Å². The molecule has 0 radical (unpaired) electrons. The summed E-state index contributed by atoms with van der Waals surface area (Å²) in [6.45, 7) is 18.9. The lowest BCUT2D eigenvalue weighted by molar-refractivity contribution is 0.593. The van der Waals surface area contributed by atoms with Crippen LogP contribution in [0.15, 0.2) is 16.8 Å². The van der Waals surface area contributed by atoms with Crippen molar-refractivity contribution in [3.05, 3.63) is 22.4 Å². The molecular weight excluding hydrogens is 212 g/mol. The van der Waals surface area contributed by atoms with Crippen LogP contribution in [-0.2, 0) is 5.41 Å². The van der Waals surface area contributed by atoms with Crippen LogP contribution in [0.4, 0.5) is 0 Å². The van der Waals surface area contributed by atoms with Crippen molar-refractivity contribution in [1.29, 1.82) is 0 Å². The zero-order valence-corrected chi connectivity index (χ0v) is 13.7. The molecule has 0 amide bonds. The van der Waals surface area contributed by atoms with E-state index in [1.165, 1.54) is 12.0 Å². The predicted octanol–water partition coefficient (Wildman–Crippen LogP) is 6.51. The summed E-state index contributed by atoms with van der Waals surface area (Å²) in [6.07, 6.45) is 1.25. The van der Waals surface area contributed by atoms with Gasteiger partial charge >= 0.3 is 0 Å². The summed E-state index contributed by atoms with van der Waals surface area (Å²) in [7, 11) is 0. The number of hydrogen-bond donors (Lipinski definition) is 0. The highest BCUT2D eigenvalue weighted by Crippen LogP contribution is 2.23. The molecule has 0 unspecified atom stereocenters. The van der Waals surface area contributed by atoms with Crippen molar-refractivity contribution in [1.82, 2.24) is 0 Å². The Morgan fingerprint density at radius 3 is 1.50 bits per heavy atom. The van der Waals surface area contributed by atoms with E-state index in [-0.39, 0.29) is 0 Å². The van der Waals surface area contributed by atoms with Gasteiger partial charge in [-0.25, -0.2) is 0 Å². The minimum absolute atomic E-state index is 0.333. The zero-order chi connectivity index (χ0) is 13.6. The van der Waals surface area contributed by atoms with Crippen LogP contribution in [0.2, 0.25) is 0 Å². The summed E-state index contributed by atoms with van der Waals surface area (Å²) in [5.41, 5.74) is 1.77. The molecule has 1 aromatic heterocycles. The van der Waals surface area contributed by atoms with Gasteiger partial charge in [-0.05, 0) is 27.8 Å². The average molecular weight is 244 g/mol. The van der Waals surface area contributed by atoms with Crippen LogP contribution in [0.25, 0.3) is 0 Å². The van der Waals surface area contributed by atoms with Crippen LogP contribution < -0.4 is 0 Å². The molecule has 16 heavy (non-hydrogen) atoms. The molecule has 0 nitrogen and oxygen atoms in total. The molecule has 1 heteroatoms. The molecule has 0 atom stereocenters. The molecule has 0 fully saturated rings. The molecule has 1 rings (SSSR count). The first-order valence-corrected chi connectivity index (χ1v) is 7.49. The molecule has 0 saturated heterocycles. The van der Waals surface area contributed by atoms with Gasteiger partial charge in [0.05, 0.1) is 0 Å². The molecular formula is C15H32S. The first kappa shape index (κ1) is 21.0. The van der Waals surface area contributed by atoms with Crippen LogP contribution in [0, 0.1) is 0 Å². The SMILES string of the molecule is CC.CC.CC(C)(C)c1ccsc1.CCC. The van der Waals surface area contributed by atoms with E-state index < -0.39 is 0 Å². The molecule has 0 aliphatic heterocycles. The fourth-order valence-electron chi connectivity index (χ4n) is 0.691. The van der Waals surface area contributed by atoms with Gasteiger partial charge in [0.2, 0.25) is 0 Å². The lowest BCUT2D eigenvalue weighted by Gasteiger charge is -2.15. The molecule has 0 aliphatic rings. The maximum Gasteiger partial charge on any atom is -0.00559 e. The Balaban J connectivity index is -0.000000206. The Bertz CT molecular complexity index is 180. The van der Waals surface area contributed by atoms with Crippen molar-refractivity contribution < 1.29 is 0 Å². The first-order chi connectivity index (χ1) is 7.52. The Labute approximate surface area is 108 Å². The average Bonchev–Trinajstić information content (AvgIpc) is 2.77. The Morgan fingerprint density at radius 1 is 1.00 bits per heavy atom. The van der Waals surface area contributed by atoms with E-state index >= 15 is 0 Å². The monoisotopic (exact) mass is 244 g/mol. The number of hydrogen-bond acceptors (Lipinski definition) is 1. The fourth-order valence-corrected chi connectivity index (χ4v) is 1.57. The summed E-state index contributed by atoms with van der Waals surface area (Å²) in [5.74, 6) is 0. The van der Waals surface area contributed by atoms with Gasteiger partial charge in [0, 0.05) is 0 Å². The first-order valence-electron chi connectivity index (χ1n) is 6.55. The molecule has 98 valence electrons. The standard InChI is InChI=1S/C8H12S.C3H8.2C2H6/c1-8(2,3)7-4-5-9-6-7;1-3-2;2*1-2/h4-6H,1-3H3;3H2,1-2H3;2*1-2H3. The maximum atomic E-state index is 2.23. The second kappa shape index (κ2) is 14.7. The Morgan fingerprint density at radius 2 is 1.38 bits per heavy atom. The molecule has 0 saturated carbocycles. The van der Waals surface area contributed by atoms with Crippen molar-refractivity contribution in [2.45, 2.75) is 74.1 Å². The highest BCUT2D eigenvalue weighted by molar-refractivity contribution is 7.08. The van der Waals surface area contributed by atoms with Gasteiger partial charge in [-0.2, -0.15) is 11.3 Å². The van der Waals surface area contributed by atoms with E-state index in [0.717, 1.165) is 0 Å². The van der Waals surface area contributed by atoms with Gasteiger partial charge in [0.15, 0.2) is 0 Å². The van der Waals surface area contributed by atoms with Crippen LogP contribution in [0.3, 0.4) is 0 Å². The third-order valence-electron chi connectivity index (χ3n) is 1.39. The third-order valence-corrected chi connectivity index (χ3v) is 2.07. The van der Waals surface area contributed by atoms with Gasteiger partial charge in [-0.1, -0.05) is 68.7 Å². The van der Waals surface area contributed by atoms with E-state index in [4.69, 9.17) is 0 Å². The smallest absolute Gasteiger partial charge is 0.00559 e. The third kappa shape index (κ3) is 13.7. The Kier molecular flexibility index (Phi) is 19.3. The molecule has 0 aliphatic carbocycles. The largest absolute Gasteiger partial charge is 0.152 e. The van der Waals surface area contributed by atoms with E-state index in [1.54, 1.807) is 11.3 Å². The van der Waals surface area contributed by atoms with E-state index in [0.29, 0.717) is 5.41 Å². The topological polar surface area (TPSA) is 0 Å². The summed E-state index contributed by atoms with van der Waals surface area (Å²) in [4.78, 5) is 0. The van der Waals surface area contributed by atoms with Crippen molar-refractivity contribution in [2.24, 2.45) is 0 Å². The molecule has 0 N–H and O–H groups in total. The van der Waals surface area contributed by atoms with E-state index in [1.807, 2.05) is 27.7 Å². The van der Waals surface area contributed by atoms with E-state index in [2.05, 4.69) is 51.4 Å². The minimum atomic E-state index is 0.333. The van der Waals surface area contributed by atoms with Gasteiger partial charge < -0.3 is 0 Å². The van der Waals surface area contributed by atoms with Crippen LogP contribution in [0.1, 0.15) is 74.3 Å². The van der Waals surface area contributed by atoms with Crippen molar-refractivity contribution in [3.63, 3.8) is 0 Å². The minimum Gasteiger partial charge on any atom is -0.152 e. The molecule has 0 aromatic carbocycles. The summed E-state index contributed by atoms with van der Waals surface area (Å²) in [6, 6.07) is 2.19. The molecule has 1 heterocycles. The van der Waals surface area contributed by atoms with Crippen LogP contribution in [-0.4, -0.2) is 0 Å².